The molecule has 7 N–H and O–H groups in total. The van der Waals surface area contributed by atoms with Gasteiger partial charge >= 0.3 is 0 Å². The normalized spacial score (nSPS) is 10.1. The van der Waals surface area contributed by atoms with Gasteiger partial charge in [-0.15, -0.1) is 0 Å². The van der Waals surface area contributed by atoms with E-state index in [-0.39, 0.29) is 11.6 Å². The lowest BCUT2D eigenvalue weighted by Crippen LogP contribution is -2.24. The summed E-state index contributed by atoms with van der Waals surface area (Å²) in [6.45, 7) is 0.332. The minimum absolute atomic E-state index is 0.275. The molecule has 0 aliphatic rings. The van der Waals surface area contributed by atoms with Crippen molar-refractivity contribution in [1.82, 2.24) is 0 Å². The van der Waals surface area contributed by atoms with Crippen LogP contribution in [0.3, 0.4) is 0 Å². The summed E-state index contributed by atoms with van der Waals surface area (Å²) in [6.07, 6.45) is 0. The zero-order chi connectivity index (χ0) is 14.5. The first-order valence-corrected chi connectivity index (χ1v) is 6.17. The van der Waals surface area contributed by atoms with E-state index < -0.39 is 0 Å². The van der Waals surface area contributed by atoms with Crippen molar-refractivity contribution in [2.24, 2.45) is 17.2 Å². The molecule has 0 bridgehead atoms. The molecule has 0 heterocycles. The third-order valence-corrected chi connectivity index (χ3v) is 2.91. The van der Waals surface area contributed by atoms with Crippen LogP contribution in [0.25, 0.3) is 11.5 Å². The highest BCUT2D eigenvalue weighted by Crippen LogP contribution is 2.10. The zero-order valence-corrected chi connectivity index (χ0v) is 10.9. The Balaban J connectivity index is 2.38. The van der Waals surface area contributed by atoms with Crippen LogP contribution in [0.4, 0.5) is 10.1 Å². The van der Waals surface area contributed by atoms with Crippen LogP contribution in [0.5, 0.6) is 0 Å². The average Bonchev–Trinajstić information content (AvgIpc) is 2.47. The first-order valence-electron chi connectivity index (χ1n) is 6.17. The van der Waals surface area contributed by atoms with Gasteiger partial charge in [0, 0.05) is 23.1 Å². The molecular formula is C15H17FN4. The largest absolute Gasteiger partial charge is 0.385 e. The molecule has 104 valence electrons. The summed E-state index contributed by atoms with van der Waals surface area (Å²) >= 11 is 0. The average molecular weight is 272 g/mol. The van der Waals surface area contributed by atoms with E-state index in [0.717, 1.165) is 21.8 Å². The highest BCUT2D eigenvalue weighted by atomic mass is 19.1. The maximum absolute atomic E-state index is 12.9. The van der Waals surface area contributed by atoms with E-state index >= 15 is 0 Å². The van der Waals surface area contributed by atoms with Gasteiger partial charge in [-0.3, -0.25) is 0 Å². The molecule has 0 fully saturated rings. The Hall–Kier alpha value is -2.53. The van der Waals surface area contributed by atoms with Crippen LogP contribution < -0.4 is 33.0 Å². The molecule has 0 saturated carbocycles. The van der Waals surface area contributed by atoms with E-state index in [2.05, 4.69) is 5.32 Å². The standard InChI is InChI=1S/C15H17FN4/c16-12-5-7-13(8-6-12)20-14(9-17)10-1-3-11(4-2-10)15(18)19/h1-8,20H,9,17-19H2. The van der Waals surface area contributed by atoms with Crippen molar-refractivity contribution in [3.8, 4) is 0 Å². The summed E-state index contributed by atoms with van der Waals surface area (Å²) in [4.78, 5) is 0. The topological polar surface area (TPSA) is 90.1 Å². The zero-order valence-electron chi connectivity index (χ0n) is 10.9. The van der Waals surface area contributed by atoms with Crippen LogP contribution in [0, 0.1) is 5.82 Å². The van der Waals surface area contributed by atoms with Gasteiger partial charge in [0.1, 0.15) is 11.6 Å². The maximum Gasteiger partial charge on any atom is 0.123 e. The predicted octanol–water partition coefficient (Wildman–Crippen LogP) is -0.0122. The van der Waals surface area contributed by atoms with Crippen LogP contribution in [0.15, 0.2) is 48.5 Å². The van der Waals surface area contributed by atoms with Crippen LogP contribution >= 0.6 is 0 Å². The van der Waals surface area contributed by atoms with Crippen molar-refractivity contribution >= 4 is 17.2 Å². The first-order chi connectivity index (χ1) is 9.60. The summed E-state index contributed by atoms with van der Waals surface area (Å²) in [5.41, 5.74) is 18.4. The van der Waals surface area contributed by atoms with Crippen LogP contribution in [-0.4, -0.2) is 6.54 Å². The smallest absolute Gasteiger partial charge is 0.123 e. The fraction of sp³-hybridized carbons (Fsp3) is 0.0667. The molecule has 0 spiro atoms. The Morgan fingerprint density at radius 2 is 1.45 bits per heavy atom. The quantitative estimate of drug-likeness (QED) is 0.632. The fourth-order valence-corrected chi connectivity index (χ4v) is 1.81. The fourth-order valence-electron chi connectivity index (χ4n) is 1.81. The van der Waals surface area contributed by atoms with Crippen molar-refractivity contribution in [3.63, 3.8) is 0 Å². The molecule has 0 radical (unpaired) electrons. The second-order valence-corrected chi connectivity index (χ2v) is 4.35. The number of benzene rings is 2. The number of hydrogen-bond acceptors (Lipinski definition) is 4. The molecule has 0 saturated heterocycles. The van der Waals surface area contributed by atoms with Gasteiger partial charge in [-0.05, 0) is 29.5 Å². The Morgan fingerprint density at radius 3 is 1.95 bits per heavy atom. The van der Waals surface area contributed by atoms with E-state index in [1.54, 1.807) is 12.1 Å². The molecule has 0 aliphatic heterocycles. The van der Waals surface area contributed by atoms with Crippen molar-refractivity contribution in [2.75, 3.05) is 11.9 Å². The predicted molar refractivity (Wildman–Crippen MR) is 80.0 cm³/mol. The molecule has 5 heteroatoms. The minimum Gasteiger partial charge on any atom is -0.385 e. The maximum atomic E-state index is 12.9. The van der Waals surface area contributed by atoms with Gasteiger partial charge in [0.05, 0.1) is 0 Å². The highest BCUT2D eigenvalue weighted by molar-refractivity contribution is 5.65. The molecular weight excluding hydrogens is 255 g/mol. The van der Waals surface area contributed by atoms with Gasteiger partial charge in [0.15, 0.2) is 0 Å². The Bertz CT molecular complexity index is 680. The number of nitrogens with two attached hydrogens (primary N) is 3. The lowest BCUT2D eigenvalue weighted by Gasteiger charge is -2.09. The molecule has 20 heavy (non-hydrogen) atoms. The molecule has 0 aliphatic carbocycles. The first kappa shape index (κ1) is 13.9. The van der Waals surface area contributed by atoms with Gasteiger partial charge in [0.2, 0.25) is 0 Å². The molecule has 0 unspecified atom stereocenters. The van der Waals surface area contributed by atoms with Crippen LogP contribution in [-0.2, 0) is 0 Å². The molecule has 2 aromatic rings. The number of anilines is 1. The summed E-state index contributed by atoms with van der Waals surface area (Å²) in [5.74, 6) is 0.000465. The summed E-state index contributed by atoms with van der Waals surface area (Å²) in [6, 6.07) is 13.5. The molecule has 0 amide bonds. The second-order valence-electron chi connectivity index (χ2n) is 4.35. The molecule has 2 rings (SSSR count). The van der Waals surface area contributed by atoms with Gasteiger partial charge in [-0.25, -0.2) is 4.39 Å². The molecule has 2 aromatic carbocycles. The summed E-state index contributed by atoms with van der Waals surface area (Å²) in [7, 11) is 0. The van der Waals surface area contributed by atoms with E-state index in [9.17, 15) is 4.39 Å². The number of halogens is 1. The number of rotatable bonds is 3. The third-order valence-electron chi connectivity index (χ3n) is 2.91. The van der Waals surface area contributed by atoms with Crippen LogP contribution in [0.1, 0.15) is 0 Å². The summed E-state index contributed by atoms with van der Waals surface area (Å²) in [5, 5.41) is 4.88. The minimum atomic E-state index is -0.275. The van der Waals surface area contributed by atoms with Gasteiger partial charge in [0.25, 0.3) is 0 Å². The summed E-state index contributed by atoms with van der Waals surface area (Å²) < 4.78 is 12.9. The molecule has 0 aromatic heterocycles. The molecule has 0 atom stereocenters. The van der Waals surface area contributed by atoms with Gasteiger partial charge < -0.3 is 22.5 Å². The van der Waals surface area contributed by atoms with E-state index in [4.69, 9.17) is 17.2 Å². The van der Waals surface area contributed by atoms with E-state index in [0.29, 0.717) is 6.54 Å². The van der Waals surface area contributed by atoms with Gasteiger partial charge in [-0.2, -0.15) is 0 Å². The van der Waals surface area contributed by atoms with E-state index in [1.807, 2.05) is 24.3 Å². The van der Waals surface area contributed by atoms with Crippen molar-refractivity contribution < 1.29 is 4.39 Å². The van der Waals surface area contributed by atoms with Crippen molar-refractivity contribution in [2.45, 2.75) is 0 Å². The number of nitrogens with one attached hydrogen (secondary N) is 1. The highest BCUT2D eigenvalue weighted by Gasteiger charge is 1.98. The second kappa shape index (κ2) is 6.08. The molecule has 4 nitrogen and oxygen atoms in total. The van der Waals surface area contributed by atoms with Gasteiger partial charge in [-0.1, -0.05) is 24.3 Å². The lowest BCUT2D eigenvalue weighted by molar-refractivity contribution is 0.628. The third kappa shape index (κ3) is 3.27. The monoisotopic (exact) mass is 272 g/mol. The Kier molecular flexibility index (Phi) is 4.22. The Morgan fingerprint density at radius 1 is 0.900 bits per heavy atom. The van der Waals surface area contributed by atoms with Crippen molar-refractivity contribution in [1.29, 1.82) is 0 Å². The SMILES string of the molecule is NCC(Nc1ccc(F)cc1)=c1ccc(=C(N)N)cc1. The van der Waals surface area contributed by atoms with E-state index in [1.165, 1.54) is 12.1 Å². The Labute approximate surface area is 116 Å². The van der Waals surface area contributed by atoms with Crippen LogP contribution in [0.2, 0.25) is 0 Å². The van der Waals surface area contributed by atoms with Crippen molar-refractivity contribution in [3.05, 3.63) is 64.8 Å². The number of hydrogen-bond donors (Lipinski definition) is 4. The lowest BCUT2D eigenvalue weighted by atomic mass is 10.2.